The molecule has 0 fully saturated rings. The van der Waals surface area contributed by atoms with Crippen LogP contribution in [0.1, 0.15) is 51.4 Å². The van der Waals surface area contributed by atoms with E-state index in [9.17, 15) is 14.0 Å². The number of rotatable bonds is 11. The summed E-state index contributed by atoms with van der Waals surface area (Å²) in [6, 6.07) is 6.53. The molecule has 152 valence electrons. The fourth-order valence-electron chi connectivity index (χ4n) is 2.59. The Balaban J connectivity index is 1.72. The number of nitrogens with one attached hydrogen (secondary N) is 1. The van der Waals surface area contributed by atoms with E-state index in [0.29, 0.717) is 25.8 Å². The molecule has 2 rings (SSSR count). The van der Waals surface area contributed by atoms with Crippen molar-refractivity contribution in [2.24, 2.45) is 0 Å². The van der Waals surface area contributed by atoms with Gasteiger partial charge in [-0.2, -0.15) is 4.37 Å². The Morgan fingerprint density at radius 1 is 1.21 bits per heavy atom. The molecule has 0 amide bonds. The van der Waals surface area contributed by atoms with Crippen LogP contribution in [0, 0.1) is 5.82 Å². The van der Waals surface area contributed by atoms with Gasteiger partial charge in [-0.15, -0.1) is 0 Å². The Bertz CT molecular complexity index is 790. The molecule has 1 heterocycles. The average Bonchev–Trinajstić information content (AvgIpc) is 3.10. The summed E-state index contributed by atoms with van der Waals surface area (Å²) in [5.41, 5.74) is 0.867. The number of nitrogens with zero attached hydrogens (tertiary/aromatic N) is 2. The molecule has 0 bridgehead atoms. The third-order valence-electron chi connectivity index (χ3n) is 4.32. The molecule has 28 heavy (non-hydrogen) atoms. The topological polar surface area (TPSA) is 81.2 Å². The highest BCUT2D eigenvalue weighted by Gasteiger charge is 2.21. The summed E-state index contributed by atoms with van der Waals surface area (Å²) in [4.78, 5) is 26.7. The molecule has 8 heteroatoms. The summed E-state index contributed by atoms with van der Waals surface area (Å²) in [5.74, 6) is -0.0108. The van der Waals surface area contributed by atoms with Crippen LogP contribution in [0.2, 0.25) is 0 Å². The maximum absolute atomic E-state index is 13.1. The van der Waals surface area contributed by atoms with Gasteiger partial charge in [0.2, 0.25) is 5.13 Å². The third-order valence-corrected chi connectivity index (χ3v) is 5.03. The zero-order valence-electron chi connectivity index (χ0n) is 16.5. The van der Waals surface area contributed by atoms with Crippen LogP contribution in [0.5, 0.6) is 0 Å². The number of hydrogen-bond donors (Lipinski definition) is 1. The van der Waals surface area contributed by atoms with Gasteiger partial charge in [-0.05, 0) is 30.5 Å². The summed E-state index contributed by atoms with van der Waals surface area (Å²) in [5, 5.41) is 4.05. The summed E-state index contributed by atoms with van der Waals surface area (Å²) < 4.78 is 22.1. The highest BCUT2D eigenvalue weighted by Crippen LogP contribution is 2.24. The van der Waals surface area contributed by atoms with E-state index < -0.39 is 5.97 Å². The molecule has 1 aromatic carbocycles. The standard InChI is InChI=1S/C20H26FN3O3S/c1-14(25)27-12-17(26)6-4-5-7-18-23-19(28-24-18)22-13-20(2,3)15-8-10-16(21)11-9-15/h8-11H,4-7,12-13H2,1-3H3,(H,22,23,24). The molecule has 0 saturated heterocycles. The Labute approximate surface area is 168 Å². The van der Waals surface area contributed by atoms with Crippen LogP contribution in [0.4, 0.5) is 9.52 Å². The van der Waals surface area contributed by atoms with Gasteiger partial charge in [0.05, 0.1) is 0 Å². The van der Waals surface area contributed by atoms with Crippen molar-refractivity contribution in [2.75, 3.05) is 18.5 Å². The highest BCUT2D eigenvalue weighted by molar-refractivity contribution is 7.09. The largest absolute Gasteiger partial charge is 0.458 e. The summed E-state index contributed by atoms with van der Waals surface area (Å²) >= 11 is 1.31. The first-order valence-corrected chi connectivity index (χ1v) is 10.0. The number of hydrogen-bond acceptors (Lipinski definition) is 7. The van der Waals surface area contributed by atoms with E-state index in [4.69, 9.17) is 0 Å². The molecule has 0 atom stereocenters. The van der Waals surface area contributed by atoms with Crippen LogP contribution in [0.15, 0.2) is 24.3 Å². The summed E-state index contributed by atoms with van der Waals surface area (Å²) in [6.45, 7) is 5.96. The molecule has 0 radical (unpaired) electrons. The van der Waals surface area contributed by atoms with Crippen LogP contribution >= 0.6 is 11.5 Å². The molecule has 0 saturated carbocycles. The number of ether oxygens (including phenoxy) is 1. The van der Waals surface area contributed by atoms with E-state index in [2.05, 4.69) is 33.3 Å². The van der Waals surface area contributed by atoms with Crippen LogP contribution in [-0.4, -0.2) is 34.3 Å². The Kier molecular flexibility index (Phi) is 8.04. The molecule has 0 aliphatic rings. The number of esters is 1. The molecule has 0 aliphatic carbocycles. The number of aromatic nitrogens is 2. The Morgan fingerprint density at radius 2 is 1.93 bits per heavy atom. The first kappa shape index (κ1) is 21.9. The highest BCUT2D eigenvalue weighted by atomic mass is 32.1. The van der Waals surface area contributed by atoms with Crippen molar-refractivity contribution < 1.29 is 18.7 Å². The maximum Gasteiger partial charge on any atom is 0.303 e. The Morgan fingerprint density at radius 3 is 2.61 bits per heavy atom. The van der Waals surface area contributed by atoms with Gasteiger partial charge in [0, 0.05) is 43.3 Å². The predicted octanol–water partition coefficient (Wildman–Crippen LogP) is 3.91. The minimum atomic E-state index is -0.442. The van der Waals surface area contributed by atoms with Gasteiger partial charge in [0.1, 0.15) is 18.2 Å². The molecule has 2 aromatic rings. The zero-order chi connectivity index (χ0) is 20.6. The number of carbonyl (C=O) groups excluding carboxylic acids is 2. The number of halogens is 1. The van der Waals surface area contributed by atoms with Crippen LogP contribution < -0.4 is 5.32 Å². The fourth-order valence-corrected chi connectivity index (χ4v) is 3.19. The van der Waals surface area contributed by atoms with E-state index in [0.717, 1.165) is 22.9 Å². The van der Waals surface area contributed by atoms with Crippen molar-refractivity contribution in [1.29, 1.82) is 0 Å². The van der Waals surface area contributed by atoms with E-state index in [1.165, 1.54) is 30.6 Å². The lowest BCUT2D eigenvalue weighted by Gasteiger charge is -2.25. The SMILES string of the molecule is CC(=O)OCC(=O)CCCCc1nsc(NCC(C)(C)c2ccc(F)cc2)n1. The van der Waals surface area contributed by atoms with Crippen molar-refractivity contribution in [2.45, 2.75) is 51.9 Å². The monoisotopic (exact) mass is 407 g/mol. The van der Waals surface area contributed by atoms with Crippen molar-refractivity contribution in [3.8, 4) is 0 Å². The number of Topliss-reactive ketones (excluding diaryl/α,β-unsaturated/α-hetero) is 1. The van der Waals surface area contributed by atoms with Gasteiger partial charge < -0.3 is 10.1 Å². The van der Waals surface area contributed by atoms with Gasteiger partial charge in [-0.25, -0.2) is 9.37 Å². The summed E-state index contributed by atoms with van der Waals surface area (Å²) in [6.07, 6.45) is 2.58. The second kappa shape index (κ2) is 10.3. The van der Waals surface area contributed by atoms with Crippen molar-refractivity contribution >= 4 is 28.4 Å². The molecule has 1 aromatic heterocycles. The first-order chi connectivity index (χ1) is 13.3. The third kappa shape index (κ3) is 7.34. The van der Waals surface area contributed by atoms with Crippen LogP contribution in [0.3, 0.4) is 0 Å². The fraction of sp³-hybridized carbons (Fsp3) is 0.500. The number of benzene rings is 1. The van der Waals surface area contributed by atoms with Crippen molar-refractivity contribution in [3.05, 3.63) is 41.5 Å². The lowest BCUT2D eigenvalue weighted by molar-refractivity contribution is -0.145. The molecule has 6 nitrogen and oxygen atoms in total. The van der Waals surface area contributed by atoms with E-state index in [1.54, 1.807) is 12.1 Å². The quantitative estimate of drug-likeness (QED) is 0.449. The van der Waals surface area contributed by atoms with Gasteiger partial charge >= 0.3 is 5.97 Å². The van der Waals surface area contributed by atoms with Crippen LogP contribution in [0.25, 0.3) is 0 Å². The van der Waals surface area contributed by atoms with Gasteiger partial charge in [0.15, 0.2) is 5.78 Å². The smallest absolute Gasteiger partial charge is 0.303 e. The number of carbonyl (C=O) groups is 2. The second-order valence-electron chi connectivity index (χ2n) is 7.29. The maximum atomic E-state index is 13.1. The minimum absolute atomic E-state index is 0.0770. The zero-order valence-corrected chi connectivity index (χ0v) is 17.3. The number of ketones is 1. The molecule has 1 N–H and O–H groups in total. The molecule has 0 unspecified atom stereocenters. The van der Waals surface area contributed by atoms with Crippen molar-refractivity contribution in [3.63, 3.8) is 0 Å². The molecule has 0 aliphatic heterocycles. The Hall–Kier alpha value is -2.35. The number of anilines is 1. The van der Waals surface area contributed by atoms with Crippen LogP contribution in [-0.2, 0) is 26.2 Å². The van der Waals surface area contributed by atoms with E-state index >= 15 is 0 Å². The number of unbranched alkanes of at least 4 members (excludes halogenated alkanes) is 1. The lowest BCUT2D eigenvalue weighted by Crippen LogP contribution is -2.27. The van der Waals surface area contributed by atoms with Gasteiger partial charge in [0.25, 0.3) is 0 Å². The first-order valence-electron chi connectivity index (χ1n) is 9.24. The second-order valence-corrected chi connectivity index (χ2v) is 8.04. The van der Waals surface area contributed by atoms with E-state index in [-0.39, 0.29) is 23.6 Å². The molecular formula is C20H26FN3O3S. The number of aryl methyl sites for hydroxylation is 1. The molecule has 0 spiro atoms. The van der Waals surface area contributed by atoms with Gasteiger partial charge in [-0.3, -0.25) is 9.59 Å². The lowest BCUT2D eigenvalue weighted by atomic mass is 9.85. The summed E-state index contributed by atoms with van der Waals surface area (Å²) in [7, 11) is 0. The van der Waals surface area contributed by atoms with Crippen molar-refractivity contribution in [1.82, 2.24) is 9.36 Å². The average molecular weight is 408 g/mol. The molecular weight excluding hydrogens is 381 g/mol. The van der Waals surface area contributed by atoms with Gasteiger partial charge in [-0.1, -0.05) is 26.0 Å². The minimum Gasteiger partial charge on any atom is -0.458 e. The van der Waals surface area contributed by atoms with E-state index in [1.807, 2.05) is 0 Å². The normalized spacial score (nSPS) is 11.3. The predicted molar refractivity (Wildman–Crippen MR) is 107 cm³/mol.